The van der Waals surface area contributed by atoms with E-state index in [0.717, 1.165) is 0 Å². The molecule has 2 N–H and O–H groups in total. The third-order valence-electron chi connectivity index (χ3n) is 4.12. The Morgan fingerprint density at radius 2 is 0.909 bits per heavy atom. The second-order valence-corrected chi connectivity index (χ2v) is 9.96. The van der Waals surface area contributed by atoms with Gasteiger partial charge >= 0.3 is 12.2 Å². The molecule has 0 aromatic rings. The van der Waals surface area contributed by atoms with Gasteiger partial charge in [-0.15, -0.1) is 0 Å². The van der Waals surface area contributed by atoms with Crippen LogP contribution in [-0.4, -0.2) is 84.3 Å². The second kappa shape index (κ2) is 14.6. The minimum atomic E-state index is -0.626. The lowest BCUT2D eigenvalue weighted by atomic mass is 10.2. The van der Waals surface area contributed by atoms with Gasteiger partial charge in [-0.25, -0.2) is 9.59 Å². The van der Waals surface area contributed by atoms with Crippen LogP contribution in [0.1, 0.15) is 74.7 Å². The van der Waals surface area contributed by atoms with Crippen LogP contribution in [0.15, 0.2) is 0 Å². The van der Waals surface area contributed by atoms with E-state index >= 15 is 0 Å². The van der Waals surface area contributed by atoms with Gasteiger partial charge in [0.2, 0.25) is 11.8 Å². The summed E-state index contributed by atoms with van der Waals surface area (Å²) < 4.78 is 11.0. The molecule has 0 aliphatic heterocycles. The first-order valence-electron chi connectivity index (χ1n) is 11.6. The fourth-order valence-electron chi connectivity index (χ4n) is 2.76. The summed E-state index contributed by atoms with van der Waals surface area (Å²) in [5.74, 6) is -0.239. The van der Waals surface area contributed by atoms with Gasteiger partial charge in [0.15, 0.2) is 0 Å². The van der Waals surface area contributed by atoms with Crippen molar-refractivity contribution in [2.45, 2.75) is 85.9 Å². The summed E-state index contributed by atoms with van der Waals surface area (Å²) in [6.07, 6.45) is 0.842. The van der Waals surface area contributed by atoms with Gasteiger partial charge in [0.1, 0.15) is 11.2 Å². The molecule has 0 aliphatic rings. The predicted octanol–water partition coefficient (Wildman–Crippen LogP) is 2.90. The Morgan fingerprint density at radius 1 is 0.606 bits per heavy atom. The molecule has 0 saturated heterocycles. The van der Waals surface area contributed by atoms with Crippen LogP contribution in [0, 0.1) is 0 Å². The van der Waals surface area contributed by atoms with Gasteiger partial charge < -0.3 is 29.9 Å². The van der Waals surface area contributed by atoms with Crippen LogP contribution < -0.4 is 10.6 Å². The lowest BCUT2D eigenvalue weighted by Gasteiger charge is -2.30. The van der Waals surface area contributed by atoms with E-state index < -0.39 is 23.4 Å². The number of carbonyl (C=O) groups excluding carboxylic acids is 4. The van der Waals surface area contributed by atoms with Gasteiger partial charge in [0.25, 0.3) is 0 Å². The Hall–Kier alpha value is -2.52. The molecular weight excluding hydrogens is 428 g/mol. The number of ether oxygens (including phenoxy) is 2. The Labute approximate surface area is 198 Å². The lowest BCUT2D eigenvalue weighted by Crippen LogP contribution is -2.42. The second-order valence-electron chi connectivity index (χ2n) is 9.96. The van der Waals surface area contributed by atoms with Gasteiger partial charge in [-0.3, -0.25) is 9.59 Å². The van der Waals surface area contributed by atoms with Gasteiger partial charge in [0.05, 0.1) is 0 Å². The molecule has 0 spiro atoms. The molecule has 0 saturated carbocycles. The molecule has 0 radical (unpaired) electrons. The molecule has 0 unspecified atom stereocenters. The van der Waals surface area contributed by atoms with E-state index in [1.807, 2.05) is 0 Å². The van der Waals surface area contributed by atoms with Crippen LogP contribution in [0.2, 0.25) is 0 Å². The van der Waals surface area contributed by atoms with Crippen molar-refractivity contribution < 1.29 is 28.7 Å². The zero-order chi connectivity index (χ0) is 25.7. The Kier molecular flexibility index (Phi) is 13.5. The largest absolute Gasteiger partial charge is 0.444 e. The summed E-state index contributed by atoms with van der Waals surface area (Å²) >= 11 is 0. The molecule has 192 valence electrons. The molecule has 0 fully saturated rings. The summed E-state index contributed by atoms with van der Waals surface area (Å²) in [5, 5.41) is 5.44. The van der Waals surface area contributed by atoms with E-state index in [1.54, 1.807) is 51.3 Å². The number of amides is 4. The van der Waals surface area contributed by atoms with Gasteiger partial charge in [-0.1, -0.05) is 0 Å². The molecule has 4 amide bonds. The van der Waals surface area contributed by atoms with Crippen LogP contribution in [0.5, 0.6) is 0 Å². The normalized spacial score (nSPS) is 11.4. The zero-order valence-electron chi connectivity index (χ0n) is 21.7. The average Bonchev–Trinajstić information content (AvgIpc) is 2.61. The summed E-state index contributed by atoms with van der Waals surface area (Å²) in [6, 6.07) is 0. The number of rotatable bonds is 12. The van der Waals surface area contributed by atoms with E-state index in [-0.39, 0.29) is 11.8 Å². The molecule has 33 heavy (non-hydrogen) atoms. The van der Waals surface area contributed by atoms with E-state index in [0.29, 0.717) is 58.5 Å². The number of hydrogen-bond donors (Lipinski definition) is 2. The highest BCUT2D eigenvalue weighted by Gasteiger charge is 2.24. The lowest BCUT2D eigenvalue weighted by molar-refractivity contribution is -0.119. The highest BCUT2D eigenvalue weighted by Crippen LogP contribution is 2.13. The molecule has 0 atom stereocenters. The topological polar surface area (TPSA) is 117 Å². The van der Waals surface area contributed by atoms with Gasteiger partial charge in [-0.05, 0) is 60.8 Å². The van der Waals surface area contributed by atoms with Crippen LogP contribution in [-0.2, 0) is 19.1 Å². The zero-order valence-corrected chi connectivity index (χ0v) is 21.7. The maximum atomic E-state index is 12.6. The van der Waals surface area contributed by atoms with Crippen LogP contribution in [0.25, 0.3) is 0 Å². The monoisotopic (exact) mass is 472 g/mol. The van der Waals surface area contributed by atoms with Crippen LogP contribution in [0.4, 0.5) is 9.59 Å². The number of nitrogens with one attached hydrogen (secondary N) is 2. The smallest absolute Gasteiger partial charge is 0.410 e. The van der Waals surface area contributed by atoms with Crippen molar-refractivity contribution in [2.24, 2.45) is 0 Å². The first-order chi connectivity index (χ1) is 15.1. The van der Waals surface area contributed by atoms with Crippen molar-refractivity contribution >= 4 is 24.0 Å². The van der Waals surface area contributed by atoms with Gasteiger partial charge in [-0.2, -0.15) is 0 Å². The average molecular weight is 473 g/mol. The quantitative estimate of drug-likeness (QED) is 0.422. The molecule has 0 bridgehead atoms. The number of carbonyl (C=O) groups is 4. The first-order valence-corrected chi connectivity index (χ1v) is 11.6. The highest BCUT2D eigenvalue weighted by atomic mass is 16.6. The van der Waals surface area contributed by atoms with Crippen molar-refractivity contribution in [1.29, 1.82) is 0 Å². The van der Waals surface area contributed by atoms with E-state index in [1.165, 1.54) is 13.8 Å². The molecule has 0 aromatic carbocycles. The predicted molar refractivity (Wildman–Crippen MR) is 127 cm³/mol. The summed E-state index contributed by atoms with van der Waals surface area (Å²) in [4.78, 5) is 50.6. The molecule has 0 rings (SSSR count). The first kappa shape index (κ1) is 30.5. The Bertz CT molecular complexity index is 586. The van der Waals surface area contributed by atoms with E-state index in [9.17, 15) is 19.2 Å². The van der Waals surface area contributed by atoms with Gasteiger partial charge in [0, 0.05) is 53.1 Å². The van der Waals surface area contributed by atoms with E-state index in [2.05, 4.69) is 10.6 Å². The number of hydrogen-bond acceptors (Lipinski definition) is 6. The maximum absolute atomic E-state index is 12.6. The number of nitrogens with zero attached hydrogens (tertiary/aromatic N) is 2. The van der Waals surface area contributed by atoms with Crippen LogP contribution in [0.3, 0.4) is 0 Å². The summed E-state index contributed by atoms with van der Waals surface area (Å²) in [5.41, 5.74) is -1.25. The van der Waals surface area contributed by atoms with Crippen molar-refractivity contribution in [3.05, 3.63) is 0 Å². The maximum Gasteiger partial charge on any atom is 0.410 e. The van der Waals surface area contributed by atoms with Crippen molar-refractivity contribution in [3.8, 4) is 0 Å². The molecular formula is C23H44N4O6. The highest BCUT2D eigenvalue weighted by molar-refractivity contribution is 5.73. The standard InChI is InChI=1S/C23H44N4O6/c1-18(28)24-12-9-14-26(20(30)32-22(3,4)5)16-11-17-27(15-10-13-25-19(2)29)21(31)33-23(6,7)8/h9-17H2,1-8H3,(H,24,28)(H,25,29). The van der Waals surface area contributed by atoms with E-state index in [4.69, 9.17) is 9.47 Å². The molecule has 10 nitrogen and oxygen atoms in total. The molecule has 0 aromatic heterocycles. The van der Waals surface area contributed by atoms with Crippen molar-refractivity contribution in [1.82, 2.24) is 20.4 Å². The third-order valence-corrected chi connectivity index (χ3v) is 4.12. The minimum absolute atomic E-state index is 0.119. The fourth-order valence-corrected chi connectivity index (χ4v) is 2.76. The SMILES string of the molecule is CC(=O)NCCCN(CCCN(CCCNC(C)=O)C(=O)OC(C)(C)C)C(=O)OC(C)(C)C. The van der Waals surface area contributed by atoms with Crippen molar-refractivity contribution in [3.63, 3.8) is 0 Å². The molecule has 0 aliphatic carbocycles. The Balaban J connectivity index is 5.00. The molecule has 0 heterocycles. The van der Waals surface area contributed by atoms with Crippen molar-refractivity contribution in [2.75, 3.05) is 39.3 Å². The third kappa shape index (κ3) is 17.7. The van der Waals surface area contributed by atoms with Crippen LogP contribution >= 0.6 is 0 Å². The Morgan fingerprint density at radius 3 is 1.18 bits per heavy atom. The molecule has 10 heteroatoms. The summed E-state index contributed by atoms with van der Waals surface area (Å²) in [6.45, 7) is 16.3. The summed E-state index contributed by atoms with van der Waals surface area (Å²) in [7, 11) is 0. The minimum Gasteiger partial charge on any atom is -0.444 e. The fraction of sp³-hybridized carbons (Fsp3) is 0.826.